The third-order valence-electron chi connectivity index (χ3n) is 9.54. The van der Waals surface area contributed by atoms with E-state index in [1.807, 2.05) is 0 Å². The molecule has 2 aliphatic rings. The van der Waals surface area contributed by atoms with Crippen LogP contribution in [0, 0.1) is 0 Å². The third-order valence-corrected chi connectivity index (χ3v) is 9.54. The monoisotopic (exact) mass is 561 g/mol. The molecule has 44 heavy (non-hydrogen) atoms. The van der Waals surface area contributed by atoms with Gasteiger partial charge in [0, 0.05) is 32.6 Å². The first-order chi connectivity index (χ1) is 21.8. The highest BCUT2D eigenvalue weighted by Gasteiger charge is 2.28. The maximum absolute atomic E-state index is 6.65. The minimum atomic E-state index is 0.895. The van der Waals surface area contributed by atoms with Crippen molar-refractivity contribution < 1.29 is 4.42 Å². The van der Waals surface area contributed by atoms with Crippen LogP contribution >= 0.6 is 0 Å². The summed E-state index contributed by atoms with van der Waals surface area (Å²) in [6.45, 7) is 0. The zero-order valence-corrected chi connectivity index (χ0v) is 23.5. The Balaban J connectivity index is 1.58. The molecule has 0 saturated heterocycles. The molecular weight excluding hydrogens is 538 g/mol. The Morgan fingerprint density at radius 3 is 1.93 bits per heavy atom. The van der Waals surface area contributed by atoms with Crippen LogP contribution in [-0.4, -0.2) is 13.8 Å². The summed E-state index contributed by atoms with van der Waals surface area (Å²) in [5, 5.41) is 9.55. The highest BCUT2D eigenvalue weighted by molar-refractivity contribution is 6.26. The maximum Gasteiger partial charge on any atom is 0.138 e. The number of para-hydroxylation sites is 4. The van der Waals surface area contributed by atoms with E-state index >= 15 is 0 Å². The van der Waals surface area contributed by atoms with Crippen LogP contribution in [0.15, 0.2) is 144 Å². The van der Waals surface area contributed by atoms with Crippen molar-refractivity contribution in [2.24, 2.45) is 0 Å². The number of hydrogen-bond donors (Lipinski definition) is 0. The molecule has 0 radical (unpaired) electrons. The second-order valence-corrected chi connectivity index (χ2v) is 11.8. The zero-order chi connectivity index (χ0) is 28.5. The average Bonchev–Trinajstić information content (AvgIpc) is 3.62. The van der Waals surface area contributed by atoms with Crippen LogP contribution in [0.2, 0.25) is 0 Å². The minimum absolute atomic E-state index is 0.895. The molecule has 2 aliphatic heterocycles. The Hall–Kier alpha value is -6.00. The fourth-order valence-electron chi connectivity index (χ4n) is 7.77. The highest BCUT2D eigenvalue weighted by atomic mass is 16.3. The summed E-state index contributed by atoms with van der Waals surface area (Å²) < 4.78 is 14.0. The van der Waals surface area contributed by atoms with Gasteiger partial charge in [-0.15, -0.1) is 0 Å². The Kier molecular flexibility index (Phi) is 4.04. The normalized spacial score (nSPS) is 12.5. The molecule has 0 N–H and O–H groups in total. The summed E-state index contributed by atoms with van der Waals surface area (Å²) >= 11 is 0. The van der Waals surface area contributed by atoms with Crippen molar-refractivity contribution >= 4 is 81.8 Å². The van der Waals surface area contributed by atoms with Crippen molar-refractivity contribution in [3.05, 3.63) is 140 Å². The topological polar surface area (TPSA) is 27.4 Å². The van der Waals surface area contributed by atoms with E-state index < -0.39 is 0 Å². The molecule has 11 rings (SSSR count). The van der Waals surface area contributed by atoms with Gasteiger partial charge in [0.15, 0.2) is 0 Å². The van der Waals surface area contributed by atoms with Crippen molar-refractivity contribution in [3.63, 3.8) is 0 Å². The number of fused-ring (bicyclic) bond motifs is 12. The lowest BCUT2D eigenvalue weighted by molar-refractivity contribution is 0.669. The Labute approximate surface area is 250 Å². The first kappa shape index (κ1) is 22.6. The molecule has 0 saturated carbocycles. The number of nitrogens with zero attached hydrogens (tertiary/aromatic N) is 3. The van der Waals surface area contributed by atoms with Crippen LogP contribution in [-0.2, 0) is 0 Å². The summed E-state index contributed by atoms with van der Waals surface area (Å²) in [6, 6.07) is 50.3. The Morgan fingerprint density at radius 1 is 0.432 bits per heavy atom. The van der Waals surface area contributed by atoms with E-state index in [2.05, 4.69) is 153 Å². The number of furan rings is 1. The molecule has 4 heteroatoms. The summed E-state index contributed by atoms with van der Waals surface area (Å²) in [5.74, 6) is 0. The van der Waals surface area contributed by atoms with Crippen LogP contribution in [0.25, 0.3) is 93.2 Å². The van der Waals surface area contributed by atoms with E-state index in [1.165, 1.54) is 43.4 Å². The quantitative estimate of drug-likeness (QED) is 0.145. The van der Waals surface area contributed by atoms with Gasteiger partial charge in [0.2, 0.25) is 0 Å². The van der Waals surface area contributed by atoms with Crippen molar-refractivity contribution in [1.82, 2.24) is 13.8 Å². The van der Waals surface area contributed by atoms with E-state index in [0.717, 1.165) is 49.9 Å². The van der Waals surface area contributed by atoms with Crippen molar-refractivity contribution in [2.75, 3.05) is 0 Å². The third kappa shape index (κ3) is 2.65. The minimum Gasteiger partial charge on any atom is -0.456 e. The van der Waals surface area contributed by atoms with E-state index in [0.29, 0.717) is 0 Å². The SMILES string of the molecule is c1ccc(-n2c3cc4ccccc4cc3n3n4c5ccccc5c5cccc(c6cc7oc8ccccc8c7c2c6-3)c54)cc1. The molecule has 204 valence electrons. The van der Waals surface area contributed by atoms with Gasteiger partial charge in [0.05, 0.1) is 38.7 Å². The maximum atomic E-state index is 6.65. The molecule has 9 aromatic rings. The van der Waals surface area contributed by atoms with E-state index in [9.17, 15) is 0 Å². The summed E-state index contributed by atoms with van der Waals surface area (Å²) in [5.41, 5.74) is 9.90. The molecule has 0 amide bonds. The van der Waals surface area contributed by atoms with Gasteiger partial charge in [-0.05, 0) is 53.2 Å². The second kappa shape index (κ2) is 7.88. The van der Waals surface area contributed by atoms with Crippen LogP contribution in [0.1, 0.15) is 0 Å². The molecule has 4 nitrogen and oxygen atoms in total. The van der Waals surface area contributed by atoms with Gasteiger partial charge >= 0.3 is 0 Å². The number of rotatable bonds is 1. The highest BCUT2D eigenvalue weighted by Crippen LogP contribution is 2.47. The van der Waals surface area contributed by atoms with Gasteiger partial charge in [-0.25, -0.2) is 9.20 Å². The molecule has 0 bridgehead atoms. The van der Waals surface area contributed by atoms with Gasteiger partial charge < -0.3 is 8.98 Å². The van der Waals surface area contributed by atoms with Crippen molar-refractivity contribution in [3.8, 4) is 11.4 Å². The lowest BCUT2D eigenvalue weighted by atomic mass is 10.00. The molecular formula is C40H23N3O. The van der Waals surface area contributed by atoms with Crippen molar-refractivity contribution in [2.45, 2.75) is 0 Å². The molecule has 7 aromatic carbocycles. The van der Waals surface area contributed by atoms with Gasteiger partial charge in [0.1, 0.15) is 11.2 Å². The molecule has 4 heterocycles. The van der Waals surface area contributed by atoms with Crippen LogP contribution < -0.4 is 0 Å². The van der Waals surface area contributed by atoms with E-state index in [-0.39, 0.29) is 0 Å². The molecule has 0 fully saturated rings. The molecule has 0 atom stereocenters. The van der Waals surface area contributed by atoms with Crippen LogP contribution in [0.3, 0.4) is 0 Å². The second-order valence-electron chi connectivity index (χ2n) is 11.8. The largest absolute Gasteiger partial charge is 0.456 e. The van der Waals surface area contributed by atoms with E-state index in [4.69, 9.17) is 4.42 Å². The zero-order valence-electron chi connectivity index (χ0n) is 23.5. The van der Waals surface area contributed by atoms with Gasteiger partial charge in [-0.3, -0.25) is 0 Å². The molecule has 2 aromatic heterocycles. The fourth-order valence-corrected chi connectivity index (χ4v) is 7.77. The fraction of sp³-hybridized carbons (Fsp3) is 0. The van der Waals surface area contributed by atoms with Gasteiger partial charge in [0.25, 0.3) is 0 Å². The van der Waals surface area contributed by atoms with Crippen LogP contribution in [0.4, 0.5) is 0 Å². The first-order valence-electron chi connectivity index (χ1n) is 15.0. The van der Waals surface area contributed by atoms with Crippen LogP contribution in [0.5, 0.6) is 0 Å². The number of benzene rings is 7. The lowest BCUT2D eigenvalue weighted by Crippen LogP contribution is -2.17. The van der Waals surface area contributed by atoms with Gasteiger partial charge in [-0.2, -0.15) is 0 Å². The average molecular weight is 562 g/mol. The molecule has 0 spiro atoms. The predicted molar refractivity (Wildman–Crippen MR) is 182 cm³/mol. The molecule has 0 aliphatic carbocycles. The summed E-state index contributed by atoms with van der Waals surface area (Å²) in [4.78, 5) is 0. The van der Waals surface area contributed by atoms with E-state index in [1.54, 1.807) is 0 Å². The standard InChI is InChI=1S/C40H23N3O/c1-2-13-26(14-3-1)41-33-21-24-11-4-5-12-25(24)22-34(33)43-39-31(23-36-37(40(39)41)30-16-7-9-20-35(30)44-36)29-18-10-17-28-27-15-6-8-19-32(27)42(43)38(28)29/h1-23H. The first-order valence-corrected chi connectivity index (χ1v) is 15.0. The smallest absolute Gasteiger partial charge is 0.138 e. The number of aromatic nitrogens is 3. The summed E-state index contributed by atoms with van der Waals surface area (Å²) in [7, 11) is 0. The summed E-state index contributed by atoms with van der Waals surface area (Å²) in [6.07, 6.45) is 0. The van der Waals surface area contributed by atoms with Gasteiger partial charge in [-0.1, -0.05) is 97.1 Å². The van der Waals surface area contributed by atoms with Crippen molar-refractivity contribution in [1.29, 1.82) is 0 Å². The lowest BCUT2D eigenvalue weighted by Gasteiger charge is -2.27. The Morgan fingerprint density at radius 2 is 1.09 bits per heavy atom. The number of hydrogen-bond acceptors (Lipinski definition) is 1. The predicted octanol–water partition coefficient (Wildman–Crippen LogP) is 10.6. The Bertz CT molecular complexity index is 2930. The molecule has 0 unspecified atom stereocenters.